The Labute approximate surface area is 125 Å². The average molecular weight is 283 g/mol. The van der Waals surface area contributed by atoms with E-state index in [0.717, 1.165) is 24.3 Å². The van der Waals surface area contributed by atoms with Crippen molar-refractivity contribution in [3.8, 4) is 11.5 Å². The Hall–Kier alpha value is -2.16. The highest BCUT2D eigenvalue weighted by atomic mass is 16.7. The van der Waals surface area contributed by atoms with Crippen molar-refractivity contribution >= 4 is 5.69 Å². The Morgan fingerprint density at radius 2 is 1.81 bits per heavy atom. The van der Waals surface area contributed by atoms with Gasteiger partial charge in [0.05, 0.1) is 0 Å². The van der Waals surface area contributed by atoms with Crippen LogP contribution in [-0.4, -0.2) is 12.8 Å². The van der Waals surface area contributed by atoms with Gasteiger partial charge in [0.25, 0.3) is 0 Å². The summed E-state index contributed by atoms with van der Waals surface area (Å²) < 4.78 is 10.7. The first-order chi connectivity index (χ1) is 10.2. The lowest BCUT2D eigenvalue weighted by Crippen LogP contribution is -2.15. The molecule has 21 heavy (non-hydrogen) atoms. The van der Waals surface area contributed by atoms with Gasteiger partial charge in [0.1, 0.15) is 0 Å². The number of benzene rings is 2. The average Bonchev–Trinajstić information content (AvgIpc) is 2.95. The highest BCUT2D eigenvalue weighted by molar-refractivity contribution is 5.46. The van der Waals surface area contributed by atoms with Crippen LogP contribution in [0.2, 0.25) is 0 Å². The van der Waals surface area contributed by atoms with E-state index in [1.54, 1.807) is 0 Å². The Morgan fingerprint density at radius 3 is 2.62 bits per heavy atom. The second kappa shape index (κ2) is 6.08. The predicted molar refractivity (Wildman–Crippen MR) is 85.1 cm³/mol. The summed E-state index contributed by atoms with van der Waals surface area (Å²) in [6.45, 7) is 4.66. The summed E-state index contributed by atoms with van der Waals surface area (Å²) in [6.07, 6.45) is 2.10. The van der Waals surface area contributed by atoms with Crippen molar-refractivity contribution in [3.63, 3.8) is 0 Å². The summed E-state index contributed by atoms with van der Waals surface area (Å²) in [5, 5.41) is 3.54. The molecule has 0 bridgehead atoms. The maximum Gasteiger partial charge on any atom is 0.231 e. The number of anilines is 1. The van der Waals surface area contributed by atoms with Gasteiger partial charge >= 0.3 is 0 Å². The number of fused-ring (bicyclic) bond motifs is 1. The molecule has 0 amide bonds. The summed E-state index contributed by atoms with van der Waals surface area (Å²) in [4.78, 5) is 0. The first-order valence-corrected chi connectivity index (χ1v) is 7.42. The van der Waals surface area contributed by atoms with Crippen LogP contribution >= 0.6 is 0 Å². The molecule has 1 aliphatic heterocycles. The molecule has 1 atom stereocenters. The van der Waals surface area contributed by atoms with Crippen LogP contribution in [0.25, 0.3) is 0 Å². The molecule has 2 aromatic rings. The number of ether oxygens (including phenoxy) is 2. The van der Waals surface area contributed by atoms with Crippen LogP contribution in [0.1, 0.15) is 24.5 Å². The van der Waals surface area contributed by atoms with Crippen molar-refractivity contribution in [3.05, 3.63) is 53.6 Å². The smallest absolute Gasteiger partial charge is 0.231 e. The van der Waals surface area contributed by atoms with Crippen molar-refractivity contribution in [1.29, 1.82) is 0 Å². The molecular weight excluding hydrogens is 262 g/mol. The monoisotopic (exact) mass is 283 g/mol. The van der Waals surface area contributed by atoms with E-state index in [2.05, 4.69) is 55.6 Å². The van der Waals surface area contributed by atoms with Crippen LogP contribution in [0.3, 0.4) is 0 Å². The van der Waals surface area contributed by atoms with Crippen LogP contribution in [0.5, 0.6) is 11.5 Å². The zero-order valence-electron chi connectivity index (χ0n) is 12.6. The van der Waals surface area contributed by atoms with Gasteiger partial charge < -0.3 is 14.8 Å². The molecule has 1 aliphatic rings. The normalized spacial score (nSPS) is 14.0. The van der Waals surface area contributed by atoms with Gasteiger partial charge in [0.2, 0.25) is 6.79 Å². The molecule has 110 valence electrons. The van der Waals surface area contributed by atoms with Crippen molar-refractivity contribution < 1.29 is 9.47 Å². The lowest BCUT2D eigenvalue weighted by molar-refractivity contribution is 0.174. The number of aryl methyl sites for hydroxylation is 2. The Bertz CT molecular complexity index is 607. The van der Waals surface area contributed by atoms with Gasteiger partial charge in [-0.1, -0.05) is 23.8 Å². The van der Waals surface area contributed by atoms with E-state index >= 15 is 0 Å². The first-order valence-electron chi connectivity index (χ1n) is 7.42. The molecule has 3 heteroatoms. The molecule has 1 N–H and O–H groups in total. The molecule has 0 spiro atoms. The third kappa shape index (κ3) is 3.48. The molecule has 0 radical (unpaired) electrons. The minimum absolute atomic E-state index is 0.337. The van der Waals surface area contributed by atoms with Crippen molar-refractivity contribution in [1.82, 2.24) is 0 Å². The molecule has 0 saturated heterocycles. The van der Waals surface area contributed by atoms with Crippen molar-refractivity contribution in [2.24, 2.45) is 0 Å². The molecule has 1 unspecified atom stereocenters. The molecule has 3 rings (SSSR count). The summed E-state index contributed by atoms with van der Waals surface area (Å²) in [6, 6.07) is 15.2. The van der Waals surface area contributed by atoms with E-state index in [9.17, 15) is 0 Å². The van der Waals surface area contributed by atoms with Gasteiger partial charge in [-0.25, -0.2) is 0 Å². The quantitative estimate of drug-likeness (QED) is 0.894. The molecule has 0 saturated carbocycles. The fourth-order valence-electron chi connectivity index (χ4n) is 2.49. The van der Waals surface area contributed by atoms with E-state index in [0.29, 0.717) is 12.8 Å². The largest absolute Gasteiger partial charge is 0.454 e. The van der Waals surface area contributed by atoms with Gasteiger partial charge in [-0.3, -0.25) is 0 Å². The third-order valence-corrected chi connectivity index (χ3v) is 3.77. The topological polar surface area (TPSA) is 30.5 Å². The van der Waals surface area contributed by atoms with Gasteiger partial charge in [-0.2, -0.15) is 0 Å². The SMILES string of the molecule is Cc1ccc(NC(C)CCc2ccc3c(c2)OCO3)cc1. The number of rotatable bonds is 5. The highest BCUT2D eigenvalue weighted by Gasteiger charge is 2.13. The van der Waals surface area contributed by atoms with E-state index in [1.165, 1.54) is 16.8 Å². The van der Waals surface area contributed by atoms with Gasteiger partial charge in [0.15, 0.2) is 11.5 Å². The molecule has 2 aromatic carbocycles. The predicted octanol–water partition coefficient (Wildman–Crippen LogP) is 4.16. The highest BCUT2D eigenvalue weighted by Crippen LogP contribution is 2.32. The fourth-order valence-corrected chi connectivity index (χ4v) is 2.49. The van der Waals surface area contributed by atoms with Crippen molar-refractivity contribution in [2.75, 3.05) is 12.1 Å². The van der Waals surface area contributed by atoms with Crippen LogP contribution in [0.4, 0.5) is 5.69 Å². The standard InChI is InChI=1S/C18H21NO2/c1-13-3-8-16(9-4-13)19-14(2)5-6-15-7-10-17-18(11-15)21-12-20-17/h3-4,7-11,14,19H,5-6,12H2,1-2H3. The van der Waals surface area contributed by atoms with Gasteiger partial charge in [-0.05, 0) is 56.5 Å². The maximum absolute atomic E-state index is 5.41. The number of hydrogen-bond acceptors (Lipinski definition) is 3. The zero-order valence-corrected chi connectivity index (χ0v) is 12.6. The van der Waals surface area contributed by atoms with E-state index in [-0.39, 0.29) is 0 Å². The number of nitrogens with one attached hydrogen (secondary N) is 1. The first kappa shape index (κ1) is 13.8. The van der Waals surface area contributed by atoms with E-state index in [1.807, 2.05) is 6.07 Å². The minimum atomic E-state index is 0.337. The van der Waals surface area contributed by atoms with Crippen molar-refractivity contribution in [2.45, 2.75) is 32.7 Å². The van der Waals surface area contributed by atoms with Crippen LogP contribution in [-0.2, 0) is 6.42 Å². The molecule has 0 fully saturated rings. The molecule has 0 aliphatic carbocycles. The minimum Gasteiger partial charge on any atom is -0.454 e. The lowest BCUT2D eigenvalue weighted by Gasteiger charge is -2.15. The summed E-state index contributed by atoms with van der Waals surface area (Å²) >= 11 is 0. The van der Waals surface area contributed by atoms with E-state index in [4.69, 9.17) is 9.47 Å². The third-order valence-electron chi connectivity index (χ3n) is 3.77. The fraction of sp³-hybridized carbons (Fsp3) is 0.333. The molecule has 1 heterocycles. The van der Waals surface area contributed by atoms with Gasteiger partial charge in [-0.15, -0.1) is 0 Å². The van der Waals surface area contributed by atoms with Crippen LogP contribution in [0, 0.1) is 6.92 Å². The Morgan fingerprint density at radius 1 is 1.05 bits per heavy atom. The Kier molecular flexibility index (Phi) is 4.00. The number of hydrogen-bond donors (Lipinski definition) is 1. The molecular formula is C18H21NO2. The summed E-state index contributed by atoms with van der Waals surface area (Å²) in [5.74, 6) is 1.72. The second-order valence-electron chi connectivity index (χ2n) is 5.64. The Balaban J connectivity index is 1.53. The molecule has 0 aromatic heterocycles. The van der Waals surface area contributed by atoms with E-state index < -0.39 is 0 Å². The summed E-state index contributed by atoms with van der Waals surface area (Å²) in [7, 11) is 0. The lowest BCUT2D eigenvalue weighted by atomic mass is 10.1. The maximum atomic E-state index is 5.41. The molecule has 3 nitrogen and oxygen atoms in total. The van der Waals surface area contributed by atoms with Gasteiger partial charge in [0, 0.05) is 11.7 Å². The zero-order chi connectivity index (χ0) is 14.7. The summed E-state index contributed by atoms with van der Waals surface area (Å²) in [5.41, 5.74) is 3.75. The second-order valence-corrected chi connectivity index (χ2v) is 5.64. The van der Waals surface area contributed by atoms with Crippen LogP contribution < -0.4 is 14.8 Å². The van der Waals surface area contributed by atoms with Crippen LogP contribution in [0.15, 0.2) is 42.5 Å².